The standard InChI is InChI=1S/C12H19NO2S/c1-8-6-12(15-3)9(7-11(8)14-2)10(13)4-5-16/h6-7,10,16H,4-5,13H2,1-3H3. The second kappa shape index (κ2) is 6.01. The topological polar surface area (TPSA) is 44.5 Å². The van der Waals surface area contributed by atoms with Gasteiger partial charge in [0.05, 0.1) is 14.2 Å². The summed E-state index contributed by atoms with van der Waals surface area (Å²) < 4.78 is 10.6. The summed E-state index contributed by atoms with van der Waals surface area (Å²) >= 11 is 4.19. The first-order valence-corrected chi connectivity index (χ1v) is 5.86. The van der Waals surface area contributed by atoms with Crippen LogP contribution in [0.4, 0.5) is 0 Å². The van der Waals surface area contributed by atoms with E-state index >= 15 is 0 Å². The van der Waals surface area contributed by atoms with E-state index in [1.165, 1.54) is 0 Å². The molecule has 3 nitrogen and oxygen atoms in total. The molecular weight excluding hydrogens is 222 g/mol. The molecule has 1 aromatic rings. The van der Waals surface area contributed by atoms with Gasteiger partial charge in [0.1, 0.15) is 11.5 Å². The van der Waals surface area contributed by atoms with E-state index < -0.39 is 0 Å². The van der Waals surface area contributed by atoms with Gasteiger partial charge in [-0.1, -0.05) is 0 Å². The van der Waals surface area contributed by atoms with E-state index in [0.29, 0.717) is 0 Å². The van der Waals surface area contributed by atoms with Crippen LogP contribution in [0.2, 0.25) is 0 Å². The molecule has 0 aliphatic heterocycles. The van der Waals surface area contributed by atoms with Gasteiger partial charge >= 0.3 is 0 Å². The number of aryl methyl sites for hydroxylation is 1. The SMILES string of the molecule is COc1cc(C(N)CCS)c(OC)cc1C. The van der Waals surface area contributed by atoms with Crippen LogP contribution in [0.3, 0.4) is 0 Å². The Hall–Kier alpha value is -0.870. The van der Waals surface area contributed by atoms with Crippen molar-refractivity contribution < 1.29 is 9.47 Å². The zero-order valence-corrected chi connectivity index (χ0v) is 10.9. The smallest absolute Gasteiger partial charge is 0.124 e. The predicted molar refractivity (Wildman–Crippen MR) is 69.7 cm³/mol. The van der Waals surface area contributed by atoms with Crippen LogP contribution in [-0.2, 0) is 0 Å². The Kier molecular flexibility index (Phi) is 4.96. The van der Waals surface area contributed by atoms with Gasteiger partial charge in [-0.15, -0.1) is 0 Å². The number of nitrogens with two attached hydrogens (primary N) is 1. The van der Waals surface area contributed by atoms with E-state index in [2.05, 4.69) is 12.6 Å². The second-order valence-electron chi connectivity index (χ2n) is 3.68. The van der Waals surface area contributed by atoms with Crippen molar-refractivity contribution in [3.8, 4) is 11.5 Å². The van der Waals surface area contributed by atoms with Crippen molar-refractivity contribution in [2.45, 2.75) is 19.4 Å². The Labute approximate surface area is 102 Å². The summed E-state index contributed by atoms with van der Waals surface area (Å²) in [7, 11) is 3.31. The lowest BCUT2D eigenvalue weighted by atomic mass is 10.0. The molecule has 0 heterocycles. The summed E-state index contributed by atoms with van der Waals surface area (Å²) in [5, 5.41) is 0. The molecular formula is C12H19NO2S. The highest BCUT2D eigenvalue weighted by atomic mass is 32.1. The van der Waals surface area contributed by atoms with Crippen LogP contribution < -0.4 is 15.2 Å². The molecule has 0 spiro atoms. The third-order valence-corrected chi connectivity index (χ3v) is 2.84. The number of hydrogen-bond donors (Lipinski definition) is 2. The first-order valence-electron chi connectivity index (χ1n) is 5.23. The summed E-state index contributed by atoms with van der Waals surface area (Å²) in [6.07, 6.45) is 0.811. The Morgan fingerprint density at radius 1 is 1.25 bits per heavy atom. The highest BCUT2D eigenvalue weighted by Gasteiger charge is 2.14. The van der Waals surface area contributed by atoms with Crippen LogP contribution in [0.15, 0.2) is 12.1 Å². The van der Waals surface area contributed by atoms with E-state index in [1.807, 2.05) is 19.1 Å². The molecule has 0 saturated carbocycles. The minimum Gasteiger partial charge on any atom is -0.496 e. The molecule has 0 bridgehead atoms. The quantitative estimate of drug-likeness (QED) is 0.778. The first kappa shape index (κ1) is 13.2. The monoisotopic (exact) mass is 241 g/mol. The van der Waals surface area contributed by atoms with E-state index in [9.17, 15) is 0 Å². The van der Waals surface area contributed by atoms with Gasteiger partial charge in [0.2, 0.25) is 0 Å². The van der Waals surface area contributed by atoms with Gasteiger partial charge < -0.3 is 15.2 Å². The van der Waals surface area contributed by atoms with Crippen LogP contribution in [0, 0.1) is 6.92 Å². The van der Waals surface area contributed by atoms with Gasteiger partial charge in [-0.3, -0.25) is 0 Å². The lowest BCUT2D eigenvalue weighted by Crippen LogP contribution is -2.12. The van der Waals surface area contributed by atoms with Crippen LogP contribution in [-0.4, -0.2) is 20.0 Å². The highest BCUT2D eigenvalue weighted by molar-refractivity contribution is 7.80. The molecule has 1 aromatic carbocycles. The maximum absolute atomic E-state index is 6.07. The number of hydrogen-bond acceptors (Lipinski definition) is 4. The number of rotatable bonds is 5. The maximum Gasteiger partial charge on any atom is 0.124 e. The van der Waals surface area contributed by atoms with Gasteiger partial charge in [0, 0.05) is 11.6 Å². The molecule has 1 unspecified atom stereocenters. The molecule has 90 valence electrons. The van der Waals surface area contributed by atoms with E-state index in [1.54, 1.807) is 14.2 Å². The Morgan fingerprint density at radius 3 is 2.38 bits per heavy atom. The van der Waals surface area contributed by atoms with Crippen LogP contribution in [0.25, 0.3) is 0 Å². The average Bonchev–Trinajstić information content (AvgIpc) is 2.28. The van der Waals surface area contributed by atoms with Crippen molar-refractivity contribution >= 4 is 12.6 Å². The average molecular weight is 241 g/mol. The van der Waals surface area contributed by atoms with Gasteiger partial charge in [0.15, 0.2) is 0 Å². The molecule has 0 saturated heterocycles. The van der Waals surface area contributed by atoms with Crippen molar-refractivity contribution in [2.24, 2.45) is 5.73 Å². The minimum atomic E-state index is -0.0676. The largest absolute Gasteiger partial charge is 0.496 e. The Balaban J connectivity index is 3.13. The molecule has 4 heteroatoms. The summed E-state index contributed by atoms with van der Waals surface area (Å²) in [5.41, 5.74) is 8.09. The molecule has 0 aromatic heterocycles. The van der Waals surface area contributed by atoms with Gasteiger partial charge in [0.25, 0.3) is 0 Å². The van der Waals surface area contributed by atoms with Crippen molar-refractivity contribution in [3.63, 3.8) is 0 Å². The van der Waals surface area contributed by atoms with E-state index in [-0.39, 0.29) is 6.04 Å². The molecule has 0 radical (unpaired) electrons. The van der Waals surface area contributed by atoms with Crippen molar-refractivity contribution in [3.05, 3.63) is 23.3 Å². The number of methoxy groups -OCH3 is 2. The fourth-order valence-corrected chi connectivity index (χ4v) is 1.94. The maximum atomic E-state index is 6.07. The molecule has 1 rings (SSSR count). The van der Waals surface area contributed by atoms with Crippen molar-refractivity contribution in [1.29, 1.82) is 0 Å². The fourth-order valence-electron chi connectivity index (χ4n) is 1.66. The summed E-state index contributed by atoms with van der Waals surface area (Å²) in [6, 6.07) is 3.83. The highest BCUT2D eigenvalue weighted by Crippen LogP contribution is 2.32. The lowest BCUT2D eigenvalue weighted by Gasteiger charge is -2.17. The number of ether oxygens (including phenoxy) is 2. The van der Waals surface area contributed by atoms with Gasteiger partial charge in [-0.25, -0.2) is 0 Å². The van der Waals surface area contributed by atoms with Gasteiger partial charge in [-0.05, 0) is 36.8 Å². The van der Waals surface area contributed by atoms with Gasteiger partial charge in [-0.2, -0.15) is 12.6 Å². The molecule has 2 N–H and O–H groups in total. The number of benzene rings is 1. The number of thiol groups is 1. The normalized spacial score (nSPS) is 12.3. The predicted octanol–water partition coefficient (Wildman–Crippen LogP) is 2.33. The Bertz CT molecular complexity index is 355. The third-order valence-electron chi connectivity index (χ3n) is 2.59. The third kappa shape index (κ3) is 2.83. The molecule has 0 aliphatic rings. The van der Waals surface area contributed by atoms with E-state index in [0.717, 1.165) is 34.8 Å². The zero-order chi connectivity index (χ0) is 12.1. The van der Waals surface area contributed by atoms with Crippen LogP contribution >= 0.6 is 12.6 Å². The first-order chi connectivity index (χ1) is 7.63. The van der Waals surface area contributed by atoms with Crippen LogP contribution in [0.1, 0.15) is 23.6 Å². The molecule has 1 atom stereocenters. The van der Waals surface area contributed by atoms with E-state index in [4.69, 9.17) is 15.2 Å². The zero-order valence-electron chi connectivity index (χ0n) is 9.99. The summed E-state index contributed by atoms with van der Waals surface area (Å²) in [5.74, 6) is 2.40. The lowest BCUT2D eigenvalue weighted by molar-refractivity contribution is 0.392. The molecule has 0 amide bonds. The minimum absolute atomic E-state index is 0.0676. The fraction of sp³-hybridized carbons (Fsp3) is 0.500. The molecule has 0 aliphatic carbocycles. The Morgan fingerprint density at radius 2 is 1.88 bits per heavy atom. The van der Waals surface area contributed by atoms with Crippen molar-refractivity contribution in [2.75, 3.05) is 20.0 Å². The van der Waals surface area contributed by atoms with Crippen LogP contribution in [0.5, 0.6) is 11.5 Å². The van der Waals surface area contributed by atoms with Crippen molar-refractivity contribution in [1.82, 2.24) is 0 Å². The summed E-state index contributed by atoms with van der Waals surface area (Å²) in [6.45, 7) is 1.98. The molecule has 16 heavy (non-hydrogen) atoms. The summed E-state index contributed by atoms with van der Waals surface area (Å²) in [4.78, 5) is 0. The second-order valence-corrected chi connectivity index (χ2v) is 4.13. The molecule has 0 fully saturated rings.